The first-order valence-electron chi connectivity index (χ1n) is 9.92. The van der Waals surface area contributed by atoms with E-state index in [1.54, 1.807) is 27.7 Å². The van der Waals surface area contributed by atoms with Crippen molar-refractivity contribution >= 4 is 33.5 Å². The number of carbonyl (C=O) groups is 1. The number of nitrogens with one attached hydrogen (secondary N) is 2. The Hall–Kier alpha value is -2.52. The molecule has 160 valence electrons. The molecule has 7 nitrogen and oxygen atoms in total. The first-order valence-corrected chi connectivity index (χ1v) is 10.7. The average molecular weight is 429 g/mol. The van der Waals surface area contributed by atoms with Crippen LogP contribution in [-0.2, 0) is 4.74 Å². The van der Waals surface area contributed by atoms with Gasteiger partial charge in [-0.2, -0.15) is 19.3 Å². The maximum absolute atomic E-state index is 13.7. The number of aromatic nitrogens is 1. The molecule has 0 fully saturated rings. The number of hydrogen-bond acceptors (Lipinski definition) is 7. The predicted octanol–water partition coefficient (Wildman–Crippen LogP) is 5.22. The van der Waals surface area contributed by atoms with Gasteiger partial charge in [-0.1, -0.05) is 42.5 Å². The van der Waals surface area contributed by atoms with Crippen LogP contribution in [0.1, 0.15) is 39.3 Å². The van der Waals surface area contributed by atoms with Gasteiger partial charge in [0.1, 0.15) is 17.5 Å². The minimum Gasteiger partial charge on any atom is -0.601 e. The topological polar surface area (TPSA) is 86.3 Å². The number of hydrogen-bond donors (Lipinski definition) is 2. The lowest BCUT2D eigenvalue weighted by molar-refractivity contribution is -0.883. The number of ether oxygens (including phenoxy) is 1. The summed E-state index contributed by atoms with van der Waals surface area (Å²) in [7, 11) is 0. The number of nitrogens with zero attached hydrogens (tertiary/aromatic N) is 2. The van der Waals surface area contributed by atoms with Crippen LogP contribution in [0.15, 0.2) is 54.6 Å². The van der Waals surface area contributed by atoms with Crippen molar-refractivity contribution in [2.75, 3.05) is 18.4 Å². The largest absolute Gasteiger partial charge is 0.601 e. The van der Waals surface area contributed by atoms with Crippen LogP contribution in [0.2, 0.25) is 0 Å². The Kier molecular flexibility index (Phi) is 6.72. The van der Waals surface area contributed by atoms with E-state index >= 15 is 0 Å². The van der Waals surface area contributed by atoms with E-state index in [0.29, 0.717) is 6.54 Å². The molecule has 8 heteroatoms. The van der Waals surface area contributed by atoms with Gasteiger partial charge in [-0.05, 0) is 51.4 Å². The smallest absolute Gasteiger partial charge is 0.537 e. The van der Waals surface area contributed by atoms with Gasteiger partial charge in [0.2, 0.25) is 0 Å². The molecule has 1 heterocycles. The second-order valence-electron chi connectivity index (χ2n) is 8.09. The monoisotopic (exact) mass is 428 g/mol. The van der Waals surface area contributed by atoms with Crippen molar-refractivity contribution < 1.29 is 14.3 Å². The third-order valence-electron chi connectivity index (χ3n) is 4.63. The fourth-order valence-electron chi connectivity index (χ4n) is 3.05. The number of anilines is 1. The zero-order valence-corrected chi connectivity index (χ0v) is 18.5. The van der Waals surface area contributed by atoms with Crippen molar-refractivity contribution in [2.45, 2.75) is 39.3 Å². The van der Waals surface area contributed by atoms with Crippen molar-refractivity contribution in [1.82, 2.24) is 9.80 Å². The summed E-state index contributed by atoms with van der Waals surface area (Å²) in [6, 6.07) is 16.5. The van der Waals surface area contributed by atoms with Crippen LogP contribution < -0.4 is 10.7 Å². The Morgan fingerprint density at radius 3 is 2.50 bits per heavy atom. The van der Waals surface area contributed by atoms with Crippen LogP contribution in [0.25, 0.3) is 10.1 Å². The van der Waals surface area contributed by atoms with Crippen LogP contribution in [0, 0.1) is 5.21 Å². The van der Waals surface area contributed by atoms with Crippen LogP contribution >= 0.6 is 11.5 Å². The van der Waals surface area contributed by atoms with Gasteiger partial charge in [0.25, 0.3) is 0 Å². The van der Waals surface area contributed by atoms with Gasteiger partial charge >= 0.3 is 6.09 Å². The molecule has 0 radical (unpaired) electrons. The Morgan fingerprint density at radius 2 is 1.80 bits per heavy atom. The molecule has 30 heavy (non-hydrogen) atoms. The molecule has 1 amide bonds. The van der Waals surface area contributed by atoms with Crippen LogP contribution in [0.4, 0.5) is 10.6 Å². The summed E-state index contributed by atoms with van der Waals surface area (Å²) < 4.78 is 9.64. The highest BCUT2D eigenvalue weighted by Crippen LogP contribution is 2.28. The second-order valence-corrected chi connectivity index (χ2v) is 8.89. The van der Waals surface area contributed by atoms with E-state index in [2.05, 4.69) is 15.1 Å². The Balaban J connectivity index is 1.71. The number of hydroxylamine groups is 2. The number of carbonyl (C=O) groups excluding carboxylic acids is 1. The van der Waals surface area contributed by atoms with E-state index in [1.165, 1.54) is 11.5 Å². The molecule has 0 aliphatic heterocycles. The van der Waals surface area contributed by atoms with E-state index in [4.69, 9.17) is 4.74 Å². The van der Waals surface area contributed by atoms with Crippen LogP contribution in [0.3, 0.4) is 0 Å². The minimum absolute atomic E-state index is 0.256. The summed E-state index contributed by atoms with van der Waals surface area (Å²) >= 11 is 1.42. The zero-order valence-electron chi connectivity index (χ0n) is 17.7. The summed E-state index contributed by atoms with van der Waals surface area (Å²) in [5.41, 5.74) is 2.84. The second kappa shape index (κ2) is 9.09. The molecule has 0 spiro atoms. The summed E-state index contributed by atoms with van der Waals surface area (Å²) in [4.78, 5) is 12.8. The molecule has 0 saturated carbocycles. The van der Waals surface area contributed by atoms with E-state index in [-0.39, 0.29) is 6.54 Å². The average Bonchev–Trinajstić information content (AvgIpc) is 3.13. The molecule has 0 saturated heterocycles. The summed E-state index contributed by atoms with van der Waals surface area (Å²) in [5.74, 6) is 0.773. The van der Waals surface area contributed by atoms with E-state index in [9.17, 15) is 10.0 Å². The zero-order chi connectivity index (χ0) is 21.8. The highest BCUT2D eigenvalue weighted by molar-refractivity contribution is 7.13. The van der Waals surface area contributed by atoms with Crippen molar-refractivity contribution in [2.24, 2.45) is 0 Å². The van der Waals surface area contributed by atoms with E-state index in [0.717, 1.165) is 21.5 Å². The van der Waals surface area contributed by atoms with Crippen molar-refractivity contribution in [3.63, 3.8) is 0 Å². The van der Waals surface area contributed by atoms with Gasteiger partial charge in [-0.25, -0.2) is 0 Å². The van der Waals surface area contributed by atoms with Gasteiger partial charge in [-0.15, -0.1) is 0 Å². The first kappa shape index (κ1) is 22.2. The molecule has 3 aromatic rings. The maximum atomic E-state index is 13.7. The number of rotatable bonds is 7. The van der Waals surface area contributed by atoms with Crippen LogP contribution in [0.5, 0.6) is 0 Å². The molecule has 2 unspecified atom stereocenters. The van der Waals surface area contributed by atoms with Crippen LogP contribution in [-0.4, -0.2) is 33.9 Å². The SMILES string of the molecule is CC(c1ccccc1)[N+]([O-])(NCCNc1nsc2ccccc12)C(=O)OC(C)(C)C. The molecular weight excluding hydrogens is 400 g/mol. The summed E-state index contributed by atoms with van der Waals surface area (Å²) in [6.45, 7) is 7.65. The van der Waals surface area contributed by atoms with Gasteiger partial charge in [0, 0.05) is 17.5 Å². The van der Waals surface area contributed by atoms with E-state index < -0.39 is 22.5 Å². The molecule has 0 bridgehead atoms. The highest BCUT2D eigenvalue weighted by Gasteiger charge is 2.39. The lowest BCUT2D eigenvalue weighted by atomic mass is 10.1. The fraction of sp³-hybridized carbons (Fsp3) is 0.364. The van der Waals surface area contributed by atoms with Gasteiger partial charge in [0.05, 0.1) is 11.2 Å². The number of fused-ring (bicyclic) bond motifs is 1. The minimum atomic E-state index is -1.30. The van der Waals surface area contributed by atoms with Crippen molar-refractivity contribution in [3.05, 3.63) is 65.4 Å². The first-order chi connectivity index (χ1) is 14.2. The molecule has 3 rings (SSSR count). The Labute approximate surface area is 181 Å². The highest BCUT2D eigenvalue weighted by atomic mass is 32.1. The standard InChI is InChI=1S/C22H28N4O3S/c1-16(17-10-6-5-7-11-17)26(28,21(27)29-22(2,3)4)24-15-14-23-20-18-12-8-9-13-19(18)30-25-20/h5-13,16,24H,14-15H2,1-4H3,(H,23,25). The molecule has 2 atom stereocenters. The van der Waals surface area contributed by atoms with Crippen molar-refractivity contribution in [1.29, 1.82) is 0 Å². The summed E-state index contributed by atoms with van der Waals surface area (Å²) in [5, 5.41) is 17.9. The molecule has 0 aliphatic rings. The Bertz CT molecular complexity index is 987. The molecule has 1 aromatic heterocycles. The molecule has 2 aromatic carbocycles. The maximum Gasteiger partial charge on any atom is 0.537 e. The molecular formula is C22H28N4O3S. The number of benzene rings is 2. The van der Waals surface area contributed by atoms with Gasteiger partial charge in [-0.3, -0.25) is 0 Å². The number of amides is 1. The third kappa shape index (κ3) is 5.14. The Morgan fingerprint density at radius 1 is 1.13 bits per heavy atom. The number of quaternary nitrogens is 1. The van der Waals surface area contributed by atoms with Crippen molar-refractivity contribution in [3.8, 4) is 0 Å². The van der Waals surface area contributed by atoms with Gasteiger partial charge < -0.3 is 15.3 Å². The lowest BCUT2D eigenvalue weighted by Crippen LogP contribution is -2.60. The fourth-order valence-corrected chi connectivity index (χ4v) is 3.80. The lowest BCUT2D eigenvalue weighted by Gasteiger charge is -2.43. The normalized spacial score (nSPS) is 14.8. The van der Waals surface area contributed by atoms with E-state index in [1.807, 2.05) is 54.6 Å². The quantitative estimate of drug-likeness (QED) is 0.305. The molecule has 2 N–H and O–H groups in total. The third-order valence-corrected chi connectivity index (χ3v) is 5.46. The molecule has 0 aliphatic carbocycles. The summed E-state index contributed by atoms with van der Waals surface area (Å²) in [6.07, 6.45) is -0.863. The van der Waals surface area contributed by atoms with Gasteiger partial charge in [0.15, 0.2) is 0 Å². The predicted molar refractivity (Wildman–Crippen MR) is 121 cm³/mol.